The van der Waals surface area contributed by atoms with Crippen molar-refractivity contribution in [3.8, 4) is 28.4 Å². The standard InChI is InChI=1S/C37H45ClN8O6/c1-22-26(8-7-9-28(22)43-34(49)33-41-19-25(45(33)5)18-39-16-17-47)32-31(38)27(14-15-40-32)29-12-10-23(35(44-29)51-6)20-46(36(50)52-37(2,3)4)21-24-11-13-30(48)42-24/h7-10,12,14-15,19,24,39,47H,11,13,16-18,20-21H2,1-6H3,(H,42,48)(H,43,49)/t24-/m0/s1. The molecule has 0 aliphatic carbocycles. The zero-order valence-electron chi connectivity index (χ0n) is 30.2. The second-order valence-corrected chi connectivity index (χ2v) is 13.9. The number of nitrogens with one attached hydrogen (secondary N) is 3. The number of amides is 3. The highest BCUT2D eigenvalue weighted by molar-refractivity contribution is 6.35. The number of aliphatic hydroxyl groups excluding tert-OH is 1. The monoisotopic (exact) mass is 732 g/mol. The molecule has 4 aromatic rings. The SMILES string of the molecule is COc1nc(-c2ccnc(-c3cccc(NC(=O)c4ncc(CNCCO)n4C)c3C)c2Cl)ccc1CN(C[C@@H]1CCC(=O)N1)C(=O)OC(C)(C)C. The average Bonchev–Trinajstić information content (AvgIpc) is 3.69. The molecule has 52 heavy (non-hydrogen) atoms. The normalized spacial score (nSPS) is 14.2. The van der Waals surface area contributed by atoms with E-state index in [0.29, 0.717) is 70.6 Å². The molecule has 276 valence electrons. The van der Waals surface area contributed by atoms with Gasteiger partial charge in [0, 0.05) is 67.7 Å². The van der Waals surface area contributed by atoms with Crippen LogP contribution in [0.1, 0.15) is 61.1 Å². The molecule has 15 heteroatoms. The lowest BCUT2D eigenvalue weighted by atomic mass is 10.0. The molecule has 0 radical (unpaired) electrons. The number of carbonyl (C=O) groups is 3. The predicted molar refractivity (Wildman–Crippen MR) is 197 cm³/mol. The summed E-state index contributed by atoms with van der Waals surface area (Å²) < 4.78 is 13.1. The third-order valence-electron chi connectivity index (χ3n) is 8.56. The van der Waals surface area contributed by atoms with Crippen molar-refractivity contribution in [2.45, 2.75) is 65.3 Å². The molecular weight excluding hydrogens is 688 g/mol. The van der Waals surface area contributed by atoms with Crippen LogP contribution in [0.5, 0.6) is 5.88 Å². The summed E-state index contributed by atoms with van der Waals surface area (Å²) in [5.74, 6) is 0.129. The number of carbonyl (C=O) groups excluding carboxylic acids is 3. The molecule has 0 unspecified atom stereocenters. The lowest BCUT2D eigenvalue weighted by molar-refractivity contribution is -0.119. The van der Waals surface area contributed by atoms with Gasteiger partial charge in [-0.15, -0.1) is 0 Å². The van der Waals surface area contributed by atoms with Crippen LogP contribution in [0.2, 0.25) is 5.02 Å². The minimum atomic E-state index is -0.707. The maximum atomic E-state index is 13.3. The Morgan fingerprint density at radius 3 is 2.63 bits per heavy atom. The Kier molecular flexibility index (Phi) is 12.1. The molecule has 1 saturated heterocycles. The van der Waals surface area contributed by atoms with Crippen LogP contribution in [0.15, 0.2) is 48.8 Å². The first-order valence-corrected chi connectivity index (χ1v) is 17.4. The summed E-state index contributed by atoms with van der Waals surface area (Å²) in [6.45, 7) is 8.61. The Morgan fingerprint density at radius 1 is 1.15 bits per heavy atom. The van der Waals surface area contributed by atoms with E-state index in [-0.39, 0.29) is 43.4 Å². The third kappa shape index (κ3) is 9.05. The number of hydrogen-bond acceptors (Lipinski definition) is 10. The fourth-order valence-electron chi connectivity index (χ4n) is 5.88. The Bertz CT molecular complexity index is 1940. The van der Waals surface area contributed by atoms with Gasteiger partial charge in [-0.2, -0.15) is 0 Å². The van der Waals surface area contributed by atoms with E-state index in [1.54, 1.807) is 67.9 Å². The minimum absolute atomic E-state index is 0.0138. The minimum Gasteiger partial charge on any atom is -0.481 e. The first-order chi connectivity index (χ1) is 24.8. The smallest absolute Gasteiger partial charge is 0.410 e. The van der Waals surface area contributed by atoms with E-state index in [1.165, 1.54) is 7.11 Å². The average molecular weight is 733 g/mol. The number of aliphatic hydroxyl groups is 1. The van der Waals surface area contributed by atoms with Gasteiger partial charge >= 0.3 is 6.09 Å². The number of hydrogen-bond donors (Lipinski definition) is 4. The zero-order valence-corrected chi connectivity index (χ0v) is 31.0. The van der Waals surface area contributed by atoms with E-state index < -0.39 is 11.7 Å². The molecule has 5 rings (SSSR count). The number of ether oxygens (including phenoxy) is 2. The Balaban J connectivity index is 1.39. The Labute approximate surface area is 307 Å². The number of benzene rings is 1. The van der Waals surface area contributed by atoms with E-state index in [1.807, 2.05) is 25.1 Å². The van der Waals surface area contributed by atoms with Crippen LogP contribution in [0.4, 0.5) is 10.5 Å². The first kappa shape index (κ1) is 38.2. The molecule has 0 spiro atoms. The highest BCUT2D eigenvalue weighted by Crippen LogP contribution is 2.38. The van der Waals surface area contributed by atoms with E-state index in [0.717, 1.165) is 11.3 Å². The highest BCUT2D eigenvalue weighted by Gasteiger charge is 2.29. The predicted octanol–water partition coefficient (Wildman–Crippen LogP) is 4.86. The van der Waals surface area contributed by atoms with Crippen LogP contribution in [0.3, 0.4) is 0 Å². The van der Waals surface area contributed by atoms with E-state index in [9.17, 15) is 14.4 Å². The van der Waals surface area contributed by atoms with Crippen molar-refractivity contribution in [1.82, 2.24) is 35.1 Å². The largest absolute Gasteiger partial charge is 0.481 e. The fraction of sp³-hybridized carbons (Fsp3) is 0.405. The van der Waals surface area contributed by atoms with Gasteiger partial charge in [0.25, 0.3) is 5.91 Å². The number of rotatable bonds is 13. The number of pyridine rings is 2. The molecule has 3 aromatic heterocycles. The van der Waals surface area contributed by atoms with Crippen LogP contribution >= 0.6 is 11.6 Å². The van der Waals surface area contributed by atoms with Gasteiger partial charge in [0.1, 0.15) is 5.60 Å². The van der Waals surface area contributed by atoms with Gasteiger partial charge in [-0.05, 0) is 63.9 Å². The maximum absolute atomic E-state index is 13.3. The van der Waals surface area contributed by atoms with Gasteiger partial charge in [0.2, 0.25) is 11.8 Å². The summed E-state index contributed by atoms with van der Waals surface area (Å²) in [6.07, 6.45) is 3.80. The van der Waals surface area contributed by atoms with Crippen LogP contribution in [0, 0.1) is 6.92 Å². The highest BCUT2D eigenvalue weighted by atomic mass is 35.5. The molecule has 0 bridgehead atoms. The lowest BCUT2D eigenvalue weighted by Gasteiger charge is -2.29. The molecule has 1 atom stereocenters. The van der Waals surface area contributed by atoms with Crippen molar-refractivity contribution in [2.75, 3.05) is 32.1 Å². The summed E-state index contributed by atoms with van der Waals surface area (Å²) in [5, 5.41) is 18.4. The molecule has 1 aliphatic rings. The second-order valence-electron chi connectivity index (χ2n) is 13.5. The molecular formula is C37H45ClN8O6. The molecule has 3 amide bonds. The van der Waals surface area contributed by atoms with Crippen molar-refractivity contribution in [3.05, 3.63) is 76.5 Å². The molecule has 4 heterocycles. The van der Waals surface area contributed by atoms with Crippen molar-refractivity contribution >= 4 is 35.2 Å². The van der Waals surface area contributed by atoms with Crippen molar-refractivity contribution in [1.29, 1.82) is 0 Å². The zero-order chi connectivity index (χ0) is 37.6. The summed E-state index contributed by atoms with van der Waals surface area (Å²) in [5.41, 5.74) is 4.42. The fourth-order valence-corrected chi connectivity index (χ4v) is 6.19. The summed E-state index contributed by atoms with van der Waals surface area (Å²) >= 11 is 7.04. The molecule has 14 nitrogen and oxygen atoms in total. The van der Waals surface area contributed by atoms with Gasteiger partial charge in [0.05, 0.1) is 48.6 Å². The van der Waals surface area contributed by atoms with Gasteiger partial charge in [-0.3, -0.25) is 14.6 Å². The summed E-state index contributed by atoms with van der Waals surface area (Å²) in [7, 11) is 3.27. The number of imidazole rings is 1. The first-order valence-electron chi connectivity index (χ1n) is 17.0. The third-order valence-corrected chi connectivity index (χ3v) is 8.94. The van der Waals surface area contributed by atoms with Gasteiger partial charge < -0.3 is 40.0 Å². The summed E-state index contributed by atoms with van der Waals surface area (Å²) in [6, 6.07) is 10.7. The van der Waals surface area contributed by atoms with Gasteiger partial charge in [0.15, 0.2) is 5.82 Å². The van der Waals surface area contributed by atoms with E-state index >= 15 is 0 Å². The quantitative estimate of drug-likeness (QED) is 0.139. The number of halogens is 1. The molecule has 0 saturated carbocycles. The topological polar surface area (TPSA) is 173 Å². The number of aromatic nitrogens is 4. The van der Waals surface area contributed by atoms with E-state index in [2.05, 4.69) is 25.9 Å². The van der Waals surface area contributed by atoms with E-state index in [4.69, 9.17) is 31.2 Å². The summed E-state index contributed by atoms with van der Waals surface area (Å²) in [4.78, 5) is 53.6. The molecule has 1 aliphatic heterocycles. The van der Waals surface area contributed by atoms with Crippen molar-refractivity contribution in [3.63, 3.8) is 0 Å². The van der Waals surface area contributed by atoms with Crippen LogP contribution in [-0.4, -0.2) is 85.9 Å². The maximum Gasteiger partial charge on any atom is 0.410 e. The number of methoxy groups -OCH3 is 1. The van der Waals surface area contributed by atoms with Gasteiger partial charge in [-0.1, -0.05) is 23.7 Å². The number of nitrogens with zero attached hydrogens (tertiary/aromatic N) is 5. The van der Waals surface area contributed by atoms with Crippen LogP contribution in [-0.2, 0) is 29.7 Å². The molecule has 1 aromatic carbocycles. The van der Waals surface area contributed by atoms with Crippen LogP contribution in [0.25, 0.3) is 22.5 Å². The lowest BCUT2D eigenvalue weighted by Crippen LogP contribution is -2.43. The number of anilines is 1. The van der Waals surface area contributed by atoms with Crippen LogP contribution < -0.4 is 20.7 Å². The van der Waals surface area contributed by atoms with Crippen molar-refractivity contribution < 1.29 is 29.0 Å². The molecule has 4 N–H and O–H groups in total. The second kappa shape index (κ2) is 16.5. The van der Waals surface area contributed by atoms with Gasteiger partial charge in [-0.25, -0.2) is 14.8 Å². The molecule has 1 fully saturated rings. The Hall–Kier alpha value is -5.05. The Morgan fingerprint density at radius 2 is 1.94 bits per heavy atom. The van der Waals surface area contributed by atoms with Crippen molar-refractivity contribution in [2.24, 2.45) is 7.05 Å².